The molecule has 0 atom stereocenters. The molecule has 0 saturated heterocycles. The van der Waals surface area contributed by atoms with Gasteiger partial charge in [-0.15, -0.1) is 0 Å². The summed E-state index contributed by atoms with van der Waals surface area (Å²) in [6.45, 7) is 0.455. The van der Waals surface area contributed by atoms with Gasteiger partial charge in [-0.05, 0) is 24.3 Å². The van der Waals surface area contributed by atoms with E-state index in [4.69, 9.17) is 10.2 Å². The SMILES string of the molecule is CN(Cc1ccco1)S(=O)(=O)c1ccc(CN)nc1. The minimum Gasteiger partial charge on any atom is -0.468 e. The second-order valence-corrected chi connectivity index (χ2v) is 6.07. The van der Waals surface area contributed by atoms with Crippen molar-refractivity contribution >= 4 is 10.0 Å². The van der Waals surface area contributed by atoms with E-state index in [1.807, 2.05) is 0 Å². The van der Waals surface area contributed by atoms with E-state index in [1.54, 1.807) is 18.2 Å². The molecule has 0 spiro atoms. The molecule has 7 heteroatoms. The number of hydrogen-bond donors (Lipinski definition) is 1. The summed E-state index contributed by atoms with van der Waals surface area (Å²) >= 11 is 0. The lowest BCUT2D eigenvalue weighted by atomic mass is 10.4. The summed E-state index contributed by atoms with van der Waals surface area (Å²) in [6, 6.07) is 6.55. The van der Waals surface area contributed by atoms with Crippen LogP contribution < -0.4 is 5.73 Å². The first-order valence-electron chi connectivity index (χ1n) is 5.68. The van der Waals surface area contributed by atoms with Crippen molar-refractivity contribution in [2.24, 2.45) is 5.73 Å². The summed E-state index contributed by atoms with van der Waals surface area (Å²) < 4.78 is 30.9. The first kappa shape index (κ1) is 13.7. The van der Waals surface area contributed by atoms with E-state index in [9.17, 15) is 8.42 Å². The van der Waals surface area contributed by atoms with Gasteiger partial charge in [0.05, 0.1) is 18.5 Å². The molecule has 0 aliphatic carbocycles. The molecule has 0 amide bonds. The van der Waals surface area contributed by atoms with Gasteiger partial charge in [0.2, 0.25) is 10.0 Å². The van der Waals surface area contributed by atoms with Crippen molar-refractivity contribution < 1.29 is 12.8 Å². The molecule has 2 heterocycles. The molecule has 102 valence electrons. The van der Waals surface area contributed by atoms with E-state index in [0.717, 1.165) is 0 Å². The van der Waals surface area contributed by atoms with Crippen molar-refractivity contribution in [2.45, 2.75) is 18.0 Å². The van der Waals surface area contributed by atoms with Gasteiger partial charge in [0.15, 0.2) is 0 Å². The maximum Gasteiger partial charge on any atom is 0.244 e. The molecular formula is C12H15N3O3S. The lowest BCUT2D eigenvalue weighted by Gasteiger charge is -2.15. The number of pyridine rings is 1. The molecule has 0 unspecified atom stereocenters. The van der Waals surface area contributed by atoms with Crippen LogP contribution in [0.25, 0.3) is 0 Å². The van der Waals surface area contributed by atoms with Gasteiger partial charge in [0.1, 0.15) is 10.7 Å². The summed E-state index contributed by atoms with van der Waals surface area (Å²) in [6.07, 6.45) is 2.82. The lowest BCUT2D eigenvalue weighted by Crippen LogP contribution is -2.26. The van der Waals surface area contributed by atoms with Crippen LogP contribution in [0.3, 0.4) is 0 Å². The zero-order valence-corrected chi connectivity index (χ0v) is 11.3. The highest BCUT2D eigenvalue weighted by Crippen LogP contribution is 2.16. The Kier molecular flexibility index (Phi) is 3.98. The average Bonchev–Trinajstić information content (AvgIpc) is 2.91. The molecule has 2 N–H and O–H groups in total. The second-order valence-electron chi connectivity index (χ2n) is 4.03. The fourth-order valence-corrected chi connectivity index (χ4v) is 2.65. The number of furan rings is 1. The van der Waals surface area contributed by atoms with Gasteiger partial charge >= 0.3 is 0 Å². The number of nitrogens with two attached hydrogens (primary N) is 1. The number of hydrogen-bond acceptors (Lipinski definition) is 5. The lowest BCUT2D eigenvalue weighted by molar-refractivity contribution is 0.406. The van der Waals surface area contributed by atoms with Crippen LogP contribution in [0, 0.1) is 0 Å². The average molecular weight is 281 g/mol. The molecule has 6 nitrogen and oxygen atoms in total. The highest BCUT2D eigenvalue weighted by atomic mass is 32.2. The molecule has 2 aromatic heterocycles. The Balaban J connectivity index is 2.20. The number of nitrogens with zero attached hydrogens (tertiary/aromatic N) is 2. The largest absolute Gasteiger partial charge is 0.468 e. The van der Waals surface area contributed by atoms with E-state index in [-0.39, 0.29) is 18.0 Å². The Hall–Kier alpha value is -1.70. The van der Waals surface area contributed by atoms with Crippen LogP contribution in [-0.2, 0) is 23.1 Å². The molecule has 0 aliphatic heterocycles. The van der Waals surface area contributed by atoms with Crippen LogP contribution in [0.5, 0.6) is 0 Å². The van der Waals surface area contributed by atoms with Crippen LogP contribution in [0.2, 0.25) is 0 Å². The highest BCUT2D eigenvalue weighted by Gasteiger charge is 2.21. The fourth-order valence-electron chi connectivity index (χ4n) is 1.57. The topological polar surface area (TPSA) is 89.4 Å². The standard InChI is InChI=1S/C12H15N3O3S/c1-15(9-11-3-2-6-18-11)19(16,17)12-5-4-10(7-13)14-8-12/h2-6,8H,7,9,13H2,1H3. The first-order valence-corrected chi connectivity index (χ1v) is 7.12. The van der Waals surface area contributed by atoms with Crippen molar-refractivity contribution in [3.8, 4) is 0 Å². The Labute approximate surface area is 111 Å². The Bertz CT molecular complexity index is 621. The predicted molar refractivity (Wildman–Crippen MR) is 69.5 cm³/mol. The van der Waals surface area contributed by atoms with Gasteiger partial charge in [-0.3, -0.25) is 4.98 Å². The molecule has 0 radical (unpaired) electrons. The van der Waals surface area contributed by atoms with Crippen molar-refractivity contribution in [3.63, 3.8) is 0 Å². The molecular weight excluding hydrogens is 266 g/mol. The third-order valence-electron chi connectivity index (χ3n) is 2.67. The molecule has 0 saturated carbocycles. The Morgan fingerprint density at radius 3 is 2.68 bits per heavy atom. The van der Waals surface area contributed by atoms with Gasteiger partial charge in [0.25, 0.3) is 0 Å². The monoisotopic (exact) mass is 281 g/mol. The van der Waals surface area contributed by atoms with Crippen LogP contribution in [0.15, 0.2) is 46.0 Å². The van der Waals surface area contributed by atoms with Crippen LogP contribution >= 0.6 is 0 Å². The third-order valence-corrected chi connectivity index (χ3v) is 4.46. The van der Waals surface area contributed by atoms with Crippen molar-refractivity contribution in [2.75, 3.05) is 7.05 Å². The van der Waals surface area contributed by atoms with Gasteiger partial charge < -0.3 is 10.2 Å². The minimum absolute atomic E-state index is 0.138. The van der Waals surface area contributed by atoms with E-state index in [0.29, 0.717) is 11.5 Å². The summed E-state index contributed by atoms with van der Waals surface area (Å²) in [4.78, 5) is 4.13. The van der Waals surface area contributed by atoms with Gasteiger partial charge in [-0.25, -0.2) is 8.42 Å². The molecule has 2 aromatic rings. The maximum absolute atomic E-state index is 12.3. The third kappa shape index (κ3) is 3.01. The van der Waals surface area contributed by atoms with E-state index in [1.165, 1.54) is 29.9 Å². The van der Waals surface area contributed by atoms with Crippen molar-refractivity contribution in [1.82, 2.24) is 9.29 Å². The minimum atomic E-state index is -3.57. The quantitative estimate of drug-likeness (QED) is 0.881. The summed E-state index contributed by atoms with van der Waals surface area (Å²) in [5.74, 6) is 0.581. The molecule has 19 heavy (non-hydrogen) atoms. The maximum atomic E-state index is 12.3. The smallest absolute Gasteiger partial charge is 0.244 e. The van der Waals surface area contributed by atoms with Gasteiger partial charge in [-0.1, -0.05) is 0 Å². The molecule has 0 fully saturated rings. The van der Waals surface area contributed by atoms with E-state index >= 15 is 0 Å². The van der Waals surface area contributed by atoms with E-state index < -0.39 is 10.0 Å². The number of rotatable bonds is 5. The fraction of sp³-hybridized carbons (Fsp3) is 0.250. The molecule has 0 aliphatic rings. The van der Waals surface area contributed by atoms with Crippen molar-refractivity contribution in [3.05, 3.63) is 48.2 Å². The summed E-state index contributed by atoms with van der Waals surface area (Å²) in [5, 5.41) is 0. The van der Waals surface area contributed by atoms with Crippen molar-refractivity contribution in [1.29, 1.82) is 0 Å². The van der Waals surface area contributed by atoms with Gasteiger partial charge in [0, 0.05) is 19.8 Å². The summed E-state index contributed by atoms with van der Waals surface area (Å²) in [5.41, 5.74) is 6.07. The molecule has 0 bridgehead atoms. The van der Waals surface area contributed by atoms with Crippen LogP contribution in [-0.4, -0.2) is 24.8 Å². The zero-order valence-electron chi connectivity index (χ0n) is 10.5. The normalized spacial score (nSPS) is 11.9. The Morgan fingerprint density at radius 2 is 2.16 bits per heavy atom. The second kappa shape index (κ2) is 5.52. The highest BCUT2D eigenvalue weighted by molar-refractivity contribution is 7.89. The summed E-state index contributed by atoms with van der Waals surface area (Å²) in [7, 11) is -2.08. The number of sulfonamides is 1. The zero-order chi connectivity index (χ0) is 13.9. The first-order chi connectivity index (χ1) is 9.04. The molecule has 2 rings (SSSR count). The van der Waals surface area contributed by atoms with Crippen LogP contribution in [0.1, 0.15) is 11.5 Å². The Morgan fingerprint density at radius 1 is 1.37 bits per heavy atom. The number of aromatic nitrogens is 1. The predicted octanol–water partition coefficient (Wildman–Crippen LogP) is 0.954. The molecule has 0 aromatic carbocycles. The van der Waals surface area contributed by atoms with Gasteiger partial charge in [-0.2, -0.15) is 4.31 Å². The van der Waals surface area contributed by atoms with E-state index in [2.05, 4.69) is 4.98 Å². The van der Waals surface area contributed by atoms with Crippen LogP contribution in [0.4, 0.5) is 0 Å².